The number of thiol groups is 1. The molecular weight excluding hydrogens is 252 g/mol. The molecule has 0 unspecified atom stereocenters. The van der Waals surface area contributed by atoms with Gasteiger partial charge in [0, 0.05) is 13.1 Å². The molecule has 0 amide bonds. The summed E-state index contributed by atoms with van der Waals surface area (Å²) in [6.07, 6.45) is 10.0. The third-order valence-corrected chi connectivity index (χ3v) is 6.40. The maximum Gasteiger partial charge on any atom is 0.00458 e. The summed E-state index contributed by atoms with van der Waals surface area (Å²) in [6.45, 7) is 8.12. The summed E-state index contributed by atoms with van der Waals surface area (Å²) >= 11 is 4.59. The topological polar surface area (TPSA) is 6.48 Å². The molecule has 110 valence electrons. The summed E-state index contributed by atoms with van der Waals surface area (Å²) in [5.74, 6) is 2.07. The van der Waals surface area contributed by atoms with E-state index in [1.165, 1.54) is 84.2 Å². The van der Waals surface area contributed by atoms with E-state index in [9.17, 15) is 0 Å². The lowest BCUT2D eigenvalue weighted by molar-refractivity contribution is 0.0629. The first kappa shape index (κ1) is 14.2. The number of hydrogen-bond donors (Lipinski definition) is 1. The Labute approximate surface area is 124 Å². The minimum Gasteiger partial charge on any atom is -0.303 e. The van der Waals surface area contributed by atoms with E-state index >= 15 is 0 Å². The SMILES string of the molecule is SCC1(CN2CCC(CN3CCCC3)CC2)CCC1. The van der Waals surface area contributed by atoms with Crippen LogP contribution in [0.5, 0.6) is 0 Å². The van der Waals surface area contributed by atoms with Gasteiger partial charge in [0.25, 0.3) is 0 Å². The van der Waals surface area contributed by atoms with Crippen LogP contribution in [0.2, 0.25) is 0 Å². The zero-order valence-electron chi connectivity index (χ0n) is 12.3. The molecule has 2 heterocycles. The van der Waals surface area contributed by atoms with Crippen LogP contribution in [0, 0.1) is 11.3 Å². The Morgan fingerprint density at radius 3 is 2.11 bits per heavy atom. The van der Waals surface area contributed by atoms with Crippen LogP contribution in [0.25, 0.3) is 0 Å². The molecule has 3 rings (SSSR count). The third-order valence-electron chi connectivity index (χ3n) is 5.73. The van der Waals surface area contributed by atoms with Crippen molar-refractivity contribution in [1.82, 2.24) is 9.80 Å². The summed E-state index contributed by atoms with van der Waals surface area (Å²) in [6, 6.07) is 0. The van der Waals surface area contributed by atoms with Crippen LogP contribution >= 0.6 is 12.6 Å². The second-order valence-electron chi connectivity index (χ2n) is 7.24. The Balaban J connectivity index is 1.39. The quantitative estimate of drug-likeness (QED) is 0.775. The van der Waals surface area contributed by atoms with E-state index in [0.717, 1.165) is 11.7 Å². The molecule has 1 saturated carbocycles. The second kappa shape index (κ2) is 6.36. The maximum absolute atomic E-state index is 4.59. The van der Waals surface area contributed by atoms with E-state index in [1.54, 1.807) is 0 Å². The lowest BCUT2D eigenvalue weighted by Gasteiger charge is -2.46. The van der Waals surface area contributed by atoms with Crippen molar-refractivity contribution in [3.8, 4) is 0 Å². The molecule has 0 aromatic carbocycles. The fourth-order valence-electron chi connectivity index (χ4n) is 4.17. The van der Waals surface area contributed by atoms with Crippen molar-refractivity contribution in [2.24, 2.45) is 11.3 Å². The largest absolute Gasteiger partial charge is 0.303 e. The van der Waals surface area contributed by atoms with Crippen LogP contribution in [0.4, 0.5) is 0 Å². The monoisotopic (exact) mass is 282 g/mol. The van der Waals surface area contributed by atoms with E-state index < -0.39 is 0 Å². The van der Waals surface area contributed by atoms with Gasteiger partial charge < -0.3 is 9.80 Å². The van der Waals surface area contributed by atoms with E-state index in [1.807, 2.05) is 0 Å². The van der Waals surface area contributed by atoms with Gasteiger partial charge in [0.2, 0.25) is 0 Å². The molecule has 2 aliphatic heterocycles. The average Bonchev–Trinajstić information content (AvgIpc) is 2.89. The van der Waals surface area contributed by atoms with Crippen LogP contribution in [0.15, 0.2) is 0 Å². The predicted octanol–water partition coefficient (Wildman–Crippen LogP) is 2.89. The third kappa shape index (κ3) is 3.48. The number of hydrogen-bond acceptors (Lipinski definition) is 3. The smallest absolute Gasteiger partial charge is 0.00458 e. The summed E-state index contributed by atoms with van der Waals surface area (Å²) < 4.78 is 0. The lowest BCUT2D eigenvalue weighted by Crippen LogP contribution is -2.47. The zero-order valence-corrected chi connectivity index (χ0v) is 13.2. The molecule has 0 spiro atoms. The molecule has 19 heavy (non-hydrogen) atoms. The normalized spacial score (nSPS) is 29.5. The van der Waals surface area contributed by atoms with Crippen molar-refractivity contribution in [3.63, 3.8) is 0 Å². The minimum atomic E-state index is 0.588. The fourth-order valence-corrected chi connectivity index (χ4v) is 4.59. The molecule has 2 saturated heterocycles. The van der Waals surface area contributed by atoms with Crippen molar-refractivity contribution in [2.75, 3.05) is 45.0 Å². The first-order valence-corrected chi connectivity index (χ1v) is 8.99. The van der Waals surface area contributed by atoms with Crippen LogP contribution in [-0.2, 0) is 0 Å². The van der Waals surface area contributed by atoms with Gasteiger partial charge in [0.1, 0.15) is 0 Å². The number of likely N-dealkylation sites (tertiary alicyclic amines) is 2. The number of piperidine rings is 1. The molecule has 0 radical (unpaired) electrons. The molecule has 3 fully saturated rings. The number of nitrogens with zero attached hydrogens (tertiary/aromatic N) is 2. The predicted molar refractivity (Wildman–Crippen MR) is 85.0 cm³/mol. The van der Waals surface area contributed by atoms with Gasteiger partial charge in [0.05, 0.1) is 0 Å². The molecular formula is C16H30N2S. The van der Waals surface area contributed by atoms with Crippen LogP contribution < -0.4 is 0 Å². The first-order chi connectivity index (χ1) is 9.30. The Bertz CT molecular complexity index is 271. The van der Waals surface area contributed by atoms with Crippen molar-refractivity contribution in [2.45, 2.75) is 44.9 Å². The van der Waals surface area contributed by atoms with Gasteiger partial charge >= 0.3 is 0 Å². The molecule has 0 N–H and O–H groups in total. The molecule has 0 aromatic rings. The molecule has 0 aromatic heterocycles. The van der Waals surface area contributed by atoms with Crippen LogP contribution in [-0.4, -0.2) is 54.8 Å². The molecule has 3 aliphatic rings. The Morgan fingerprint density at radius 1 is 0.895 bits per heavy atom. The summed E-state index contributed by atoms with van der Waals surface area (Å²) in [4.78, 5) is 5.43. The summed E-state index contributed by atoms with van der Waals surface area (Å²) in [7, 11) is 0. The summed E-state index contributed by atoms with van der Waals surface area (Å²) in [5, 5.41) is 0. The van der Waals surface area contributed by atoms with Crippen molar-refractivity contribution in [3.05, 3.63) is 0 Å². The van der Waals surface area contributed by atoms with Gasteiger partial charge in [-0.2, -0.15) is 12.6 Å². The van der Waals surface area contributed by atoms with Crippen molar-refractivity contribution < 1.29 is 0 Å². The highest BCUT2D eigenvalue weighted by atomic mass is 32.1. The number of rotatable bonds is 5. The second-order valence-corrected chi connectivity index (χ2v) is 7.56. The Hall–Kier alpha value is 0.270. The lowest BCUT2D eigenvalue weighted by atomic mass is 9.69. The van der Waals surface area contributed by atoms with Gasteiger partial charge in [-0.1, -0.05) is 6.42 Å². The van der Waals surface area contributed by atoms with Crippen molar-refractivity contribution in [1.29, 1.82) is 0 Å². The Morgan fingerprint density at radius 2 is 1.58 bits per heavy atom. The minimum absolute atomic E-state index is 0.588. The van der Waals surface area contributed by atoms with Gasteiger partial charge in [-0.05, 0) is 81.8 Å². The van der Waals surface area contributed by atoms with Gasteiger partial charge in [-0.15, -0.1) is 0 Å². The van der Waals surface area contributed by atoms with Crippen LogP contribution in [0.1, 0.15) is 44.9 Å². The maximum atomic E-state index is 4.59. The first-order valence-electron chi connectivity index (χ1n) is 8.35. The van der Waals surface area contributed by atoms with Gasteiger partial charge in [-0.3, -0.25) is 0 Å². The van der Waals surface area contributed by atoms with Crippen molar-refractivity contribution >= 4 is 12.6 Å². The van der Waals surface area contributed by atoms with E-state index in [2.05, 4.69) is 22.4 Å². The van der Waals surface area contributed by atoms with Gasteiger partial charge in [0.15, 0.2) is 0 Å². The highest BCUT2D eigenvalue weighted by molar-refractivity contribution is 7.80. The van der Waals surface area contributed by atoms with E-state index in [4.69, 9.17) is 0 Å². The standard InChI is InChI=1S/C16H30N2S/c19-14-16(6-3-7-16)13-18-10-4-15(5-11-18)12-17-8-1-2-9-17/h15,19H,1-14H2. The molecule has 3 heteroatoms. The zero-order chi connectivity index (χ0) is 13.1. The van der Waals surface area contributed by atoms with Crippen LogP contribution in [0.3, 0.4) is 0 Å². The van der Waals surface area contributed by atoms with E-state index in [0.29, 0.717) is 5.41 Å². The molecule has 1 aliphatic carbocycles. The molecule has 2 nitrogen and oxygen atoms in total. The highest BCUT2D eigenvalue weighted by Gasteiger charge is 2.37. The highest BCUT2D eigenvalue weighted by Crippen LogP contribution is 2.42. The fraction of sp³-hybridized carbons (Fsp3) is 1.00. The average molecular weight is 282 g/mol. The van der Waals surface area contributed by atoms with E-state index in [-0.39, 0.29) is 0 Å². The summed E-state index contributed by atoms with van der Waals surface area (Å²) in [5.41, 5.74) is 0.588. The Kier molecular flexibility index (Phi) is 4.76. The van der Waals surface area contributed by atoms with Gasteiger partial charge in [-0.25, -0.2) is 0 Å². The molecule has 0 bridgehead atoms. The molecule has 0 atom stereocenters.